The van der Waals surface area contributed by atoms with Gasteiger partial charge >= 0.3 is 5.97 Å². The number of halogens is 1. The van der Waals surface area contributed by atoms with Crippen LogP contribution in [0.5, 0.6) is 0 Å². The monoisotopic (exact) mass is 330 g/mol. The van der Waals surface area contributed by atoms with Crippen LogP contribution in [0.1, 0.15) is 12.8 Å². The van der Waals surface area contributed by atoms with Crippen molar-refractivity contribution >= 4 is 16.0 Å². The molecule has 22 heavy (non-hydrogen) atoms. The van der Waals surface area contributed by atoms with E-state index in [2.05, 4.69) is 0 Å². The second-order valence-corrected chi connectivity index (χ2v) is 7.08. The van der Waals surface area contributed by atoms with Gasteiger partial charge in [-0.25, -0.2) is 12.8 Å². The summed E-state index contributed by atoms with van der Waals surface area (Å²) in [4.78, 5) is 12.2. The largest absolute Gasteiger partial charge is 0.481 e. The number of hydrogen-bond donors (Lipinski definition) is 1. The second kappa shape index (κ2) is 7.17. The standard InChI is InChI=1S/C14H19FN2O4S/c15-12-4-1-2-5-13(12)22(20,21)17-10-8-16(9-11-17)7-3-6-14(18)19/h1-2,4-5H,3,6-11H2,(H,18,19). The third-order valence-corrected chi connectivity index (χ3v) is 5.58. The first-order valence-corrected chi connectivity index (χ1v) is 8.54. The molecular weight excluding hydrogens is 311 g/mol. The fourth-order valence-corrected chi connectivity index (χ4v) is 3.93. The van der Waals surface area contributed by atoms with Crippen LogP contribution in [0.4, 0.5) is 4.39 Å². The number of carboxylic acid groups (broad SMARTS) is 1. The van der Waals surface area contributed by atoms with Gasteiger partial charge in [0.25, 0.3) is 0 Å². The van der Waals surface area contributed by atoms with Crippen molar-refractivity contribution in [3.05, 3.63) is 30.1 Å². The van der Waals surface area contributed by atoms with Gasteiger partial charge in [-0.1, -0.05) is 12.1 Å². The Balaban J connectivity index is 1.94. The maximum Gasteiger partial charge on any atom is 0.303 e. The summed E-state index contributed by atoms with van der Waals surface area (Å²) < 4.78 is 39.8. The molecule has 0 aliphatic carbocycles. The Morgan fingerprint density at radius 3 is 2.41 bits per heavy atom. The molecule has 2 rings (SSSR count). The summed E-state index contributed by atoms with van der Waals surface area (Å²) in [5, 5.41) is 8.60. The van der Waals surface area contributed by atoms with Crippen LogP contribution in [-0.4, -0.2) is 61.4 Å². The molecule has 0 radical (unpaired) electrons. The van der Waals surface area contributed by atoms with Gasteiger partial charge in [-0.3, -0.25) is 4.79 Å². The van der Waals surface area contributed by atoms with E-state index in [4.69, 9.17) is 5.11 Å². The molecule has 6 nitrogen and oxygen atoms in total. The van der Waals surface area contributed by atoms with Gasteiger partial charge in [-0.15, -0.1) is 0 Å². The van der Waals surface area contributed by atoms with Crippen molar-refractivity contribution in [2.24, 2.45) is 0 Å². The van der Waals surface area contributed by atoms with E-state index in [1.165, 1.54) is 22.5 Å². The summed E-state index contributed by atoms with van der Waals surface area (Å²) in [5.41, 5.74) is 0. The van der Waals surface area contributed by atoms with Gasteiger partial charge < -0.3 is 10.0 Å². The first-order chi connectivity index (χ1) is 10.4. The van der Waals surface area contributed by atoms with Gasteiger partial charge in [0.15, 0.2) is 0 Å². The van der Waals surface area contributed by atoms with Crippen LogP contribution in [-0.2, 0) is 14.8 Å². The third-order valence-electron chi connectivity index (χ3n) is 3.65. The predicted molar refractivity (Wildman–Crippen MR) is 78.5 cm³/mol. The summed E-state index contributed by atoms with van der Waals surface area (Å²) in [6, 6.07) is 5.35. The smallest absolute Gasteiger partial charge is 0.303 e. The highest BCUT2D eigenvalue weighted by molar-refractivity contribution is 7.89. The van der Waals surface area contributed by atoms with E-state index in [1.807, 2.05) is 4.90 Å². The van der Waals surface area contributed by atoms with Crippen molar-refractivity contribution in [2.75, 3.05) is 32.7 Å². The average molecular weight is 330 g/mol. The molecule has 0 spiro atoms. The number of carbonyl (C=O) groups is 1. The van der Waals surface area contributed by atoms with Crippen molar-refractivity contribution in [3.8, 4) is 0 Å². The van der Waals surface area contributed by atoms with Crippen LogP contribution in [0.25, 0.3) is 0 Å². The molecule has 0 atom stereocenters. The number of carboxylic acids is 1. The van der Waals surface area contributed by atoms with Gasteiger partial charge in [-0.2, -0.15) is 4.31 Å². The second-order valence-electron chi connectivity index (χ2n) is 5.17. The molecule has 1 aromatic rings. The number of benzene rings is 1. The zero-order valence-electron chi connectivity index (χ0n) is 12.1. The molecule has 1 aromatic carbocycles. The van der Waals surface area contributed by atoms with Crippen molar-refractivity contribution in [1.82, 2.24) is 9.21 Å². The lowest BCUT2D eigenvalue weighted by Gasteiger charge is -2.33. The van der Waals surface area contributed by atoms with Crippen LogP contribution in [0.3, 0.4) is 0 Å². The van der Waals surface area contributed by atoms with Gasteiger partial charge in [-0.05, 0) is 25.1 Å². The van der Waals surface area contributed by atoms with Crippen LogP contribution in [0.15, 0.2) is 29.2 Å². The number of aliphatic carboxylic acids is 1. The van der Waals surface area contributed by atoms with Crippen LogP contribution in [0.2, 0.25) is 0 Å². The Bertz CT molecular complexity index is 627. The predicted octanol–water partition coefficient (Wildman–Crippen LogP) is 0.997. The lowest BCUT2D eigenvalue weighted by atomic mass is 10.2. The molecule has 1 fully saturated rings. The van der Waals surface area contributed by atoms with E-state index in [0.717, 1.165) is 6.07 Å². The van der Waals surface area contributed by atoms with Gasteiger partial charge in [0, 0.05) is 32.6 Å². The zero-order valence-corrected chi connectivity index (χ0v) is 12.9. The first kappa shape index (κ1) is 16.9. The number of rotatable bonds is 6. The van der Waals surface area contributed by atoms with Crippen LogP contribution < -0.4 is 0 Å². The third kappa shape index (κ3) is 4.02. The minimum absolute atomic E-state index is 0.105. The number of nitrogens with zero attached hydrogens (tertiary/aromatic N) is 2. The molecule has 1 heterocycles. The first-order valence-electron chi connectivity index (χ1n) is 7.10. The summed E-state index contributed by atoms with van der Waals surface area (Å²) in [7, 11) is -3.81. The Morgan fingerprint density at radius 2 is 1.82 bits per heavy atom. The number of sulfonamides is 1. The van der Waals surface area contributed by atoms with Crippen LogP contribution >= 0.6 is 0 Å². The molecule has 8 heteroatoms. The fourth-order valence-electron chi connectivity index (χ4n) is 2.44. The highest BCUT2D eigenvalue weighted by atomic mass is 32.2. The van der Waals surface area contributed by atoms with E-state index in [1.54, 1.807) is 0 Å². The molecule has 0 saturated carbocycles. The molecule has 1 N–H and O–H groups in total. The Labute approximate surface area is 129 Å². The van der Waals surface area contributed by atoms with E-state index < -0.39 is 21.8 Å². The van der Waals surface area contributed by atoms with E-state index in [9.17, 15) is 17.6 Å². The summed E-state index contributed by atoms with van der Waals surface area (Å²) in [6.07, 6.45) is 0.642. The molecular formula is C14H19FN2O4S. The SMILES string of the molecule is O=C(O)CCCN1CCN(S(=O)(=O)c2ccccc2F)CC1. The average Bonchev–Trinajstić information content (AvgIpc) is 2.47. The lowest BCUT2D eigenvalue weighted by molar-refractivity contribution is -0.137. The maximum atomic E-state index is 13.7. The van der Waals surface area contributed by atoms with Crippen LogP contribution in [0, 0.1) is 5.82 Å². The molecule has 0 bridgehead atoms. The fraction of sp³-hybridized carbons (Fsp3) is 0.500. The summed E-state index contributed by atoms with van der Waals surface area (Å²) in [5.74, 6) is -1.58. The summed E-state index contributed by atoms with van der Waals surface area (Å²) in [6.45, 7) is 2.23. The molecule has 1 aliphatic rings. The highest BCUT2D eigenvalue weighted by Gasteiger charge is 2.30. The van der Waals surface area contributed by atoms with E-state index in [-0.39, 0.29) is 24.4 Å². The van der Waals surface area contributed by atoms with Crippen molar-refractivity contribution in [2.45, 2.75) is 17.7 Å². The number of hydrogen-bond acceptors (Lipinski definition) is 4. The minimum Gasteiger partial charge on any atom is -0.481 e. The minimum atomic E-state index is -3.81. The van der Waals surface area contributed by atoms with Crippen molar-refractivity contribution in [1.29, 1.82) is 0 Å². The topological polar surface area (TPSA) is 77.9 Å². The highest BCUT2D eigenvalue weighted by Crippen LogP contribution is 2.20. The lowest BCUT2D eigenvalue weighted by Crippen LogP contribution is -2.48. The van der Waals surface area contributed by atoms with E-state index in [0.29, 0.717) is 26.1 Å². The molecule has 1 aliphatic heterocycles. The van der Waals surface area contributed by atoms with Gasteiger partial charge in [0.1, 0.15) is 10.7 Å². The Morgan fingerprint density at radius 1 is 1.18 bits per heavy atom. The van der Waals surface area contributed by atoms with Crippen molar-refractivity contribution < 1.29 is 22.7 Å². The Hall–Kier alpha value is -1.51. The normalized spacial score (nSPS) is 17.5. The van der Waals surface area contributed by atoms with E-state index >= 15 is 0 Å². The molecule has 0 aromatic heterocycles. The molecule has 0 amide bonds. The molecule has 122 valence electrons. The van der Waals surface area contributed by atoms with Crippen molar-refractivity contribution in [3.63, 3.8) is 0 Å². The molecule has 0 unspecified atom stereocenters. The summed E-state index contributed by atoms with van der Waals surface area (Å²) >= 11 is 0. The number of piperazine rings is 1. The Kier molecular flexibility index (Phi) is 5.49. The maximum absolute atomic E-state index is 13.7. The van der Waals surface area contributed by atoms with Gasteiger partial charge in [0.2, 0.25) is 10.0 Å². The van der Waals surface area contributed by atoms with Gasteiger partial charge in [0.05, 0.1) is 0 Å². The molecule has 1 saturated heterocycles. The quantitative estimate of drug-likeness (QED) is 0.842. The zero-order chi connectivity index (χ0) is 16.2.